The summed E-state index contributed by atoms with van der Waals surface area (Å²) >= 11 is 0. The van der Waals surface area contributed by atoms with Gasteiger partial charge in [0, 0.05) is 13.2 Å². The van der Waals surface area contributed by atoms with Crippen LogP contribution < -0.4 is 11.1 Å². The molecule has 4 heteroatoms. The third-order valence-electron chi connectivity index (χ3n) is 3.14. The third-order valence-corrected chi connectivity index (χ3v) is 3.14. The van der Waals surface area contributed by atoms with Crippen molar-refractivity contribution in [2.24, 2.45) is 11.7 Å². The zero-order chi connectivity index (χ0) is 13.6. The number of rotatable bonds is 13. The molecule has 4 nitrogen and oxygen atoms in total. The Hall–Kier alpha value is -0.160. The van der Waals surface area contributed by atoms with Gasteiger partial charge in [-0.15, -0.1) is 0 Å². The first-order valence-electron chi connectivity index (χ1n) is 7.41. The molecule has 0 amide bonds. The molecule has 2 atom stereocenters. The van der Waals surface area contributed by atoms with Gasteiger partial charge in [-0.25, -0.2) is 0 Å². The lowest BCUT2D eigenvalue weighted by Crippen LogP contribution is -2.32. The van der Waals surface area contributed by atoms with E-state index < -0.39 is 6.10 Å². The lowest BCUT2D eigenvalue weighted by atomic mass is 10.0. The molecular formula is C14H32N2O2. The number of nitrogens with one attached hydrogen (secondary N) is 1. The van der Waals surface area contributed by atoms with Gasteiger partial charge >= 0.3 is 0 Å². The molecule has 0 aromatic carbocycles. The number of hydrogen-bond acceptors (Lipinski definition) is 4. The largest absolute Gasteiger partial charge is 0.389 e. The molecule has 0 saturated heterocycles. The smallest absolute Gasteiger partial charge is 0.0897 e. The standard InChI is InChI=1S/C14H32N2O2/c1-3-5-7-13(4-2)11-18-12-14(17)10-16-9-6-8-15/h13-14,16-17H,3-12,15H2,1-2H3. The van der Waals surface area contributed by atoms with Crippen molar-refractivity contribution in [3.8, 4) is 0 Å². The maximum absolute atomic E-state index is 9.69. The monoisotopic (exact) mass is 260 g/mol. The molecule has 0 heterocycles. The van der Waals surface area contributed by atoms with Crippen molar-refractivity contribution >= 4 is 0 Å². The lowest BCUT2D eigenvalue weighted by Gasteiger charge is -2.17. The maximum atomic E-state index is 9.69. The molecule has 0 aliphatic rings. The van der Waals surface area contributed by atoms with Gasteiger partial charge in [0.25, 0.3) is 0 Å². The second-order valence-corrected chi connectivity index (χ2v) is 4.95. The molecule has 0 bridgehead atoms. The van der Waals surface area contributed by atoms with E-state index in [4.69, 9.17) is 10.5 Å². The van der Waals surface area contributed by atoms with Gasteiger partial charge in [0.05, 0.1) is 12.7 Å². The fourth-order valence-corrected chi connectivity index (χ4v) is 1.82. The van der Waals surface area contributed by atoms with Crippen molar-refractivity contribution in [2.75, 3.05) is 32.8 Å². The second-order valence-electron chi connectivity index (χ2n) is 4.95. The van der Waals surface area contributed by atoms with Crippen LogP contribution in [0.5, 0.6) is 0 Å². The average Bonchev–Trinajstić information content (AvgIpc) is 2.38. The van der Waals surface area contributed by atoms with Crippen LogP contribution in [0.25, 0.3) is 0 Å². The first kappa shape index (κ1) is 17.8. The van der Waals surface area contributed by atoms with Gasteiger partial charge in [-0.1, -0.05) is 33.1 Å². The molecule has 4 N–H and O–H groups in total. The molecule has 0 aliphatic heterocycles. The number of aliphatic hydroxyl groups excluding tert-OH is 1. The van der Waals surface area contributed by atoms with Crippen molar-refractivity contribution in [3.05, 3.63) is 0 Å². The zero-order valence-corrected chi connectivity index (χ0v) is 12.2. The molecule has 2 unspecified atom stereocenters. The fraction of sp³-hybridized carbons (Fsp3) is 1.00. The predicted octanol–water partition coefficient (Wildman–Crippen LogP) is 1.52. The molecule has 0 saturated carbocycles. The van der Waals surface area contributed by atoms with Crippen LogP contribution in [-0.4, -0.2) is 44.1 Å². The Morgan fingerprint density at radius 1 is 1.22 bits per heavy atom. The maximum Gasteiger partial charge on any atom is 0.0897 e. The average molecular weight is 260 g/mol. The van der Waals surface area contributed by atoms with Gasteiger partial charge in [0.2, 0.25) is 0 Å². The van der Waals surface area contributed by atoms with Crippen molar-refractivity contribution in [2.45, 2.75) is 52.1 Å². The number of aliphatic hydroxyl groups is 1. The van der Waals surface area contributed by atoms with Gasteiger partial charge in [-0.2, -0.15) is 0 Å². The Bertz CT molecular complexity index is 168. The van der Waals surface area contributed by atoms with E-state index in [9.17, 15) is 5.11 Å². The zero-order valence-electron chi connectivity index (χ0n) is 12.2. The number of nitrogens with two attached hydrogens (primary N) is 1. The Balaban J connectivity index is 3.43. The van der Waals surface area contributed by atoms with Gasteiger partial charge in [-0.3, -0.25) is 0 Å². The van der Waals surface area contributed by atoms with Crippen LogP contribution in [0.15, 0.2) is 0 Å². The topological polar surface area (TPSA) is 67.5 Å². The van der Waals surface area contributed by atoms with Gasteiger partial charge in [0.15, 0.2) is 0 Å². The Kier molecular flexibility index (Phi) is 13.2. The molecular weight excluding hydrogens is 228 g/mol. The van der Waals surface area contributed by atoms with E-state index in [0.717, 1.165) is 26.0 Å². The van der Waals surface area contributed by atoms with E-state index in [0.29, 0.717) is 25.6 Å². The highest BCUT2D eigenvalue weighted by Crippen LogP contribution is 2.12. The first-order chi connectivity index (χ1) is 8.74. The molecule has 18 heavy (non-hydrogen) atoms. The molecule has 0 aromatic heterocycles. The van der Waals surface area contributed by atoms with Gasteiger partial charge < -0.3 is 20.9 Å². The van der Waals surface area contributed by atoms with Crippen molar-refractivity contribution in [3.63, 3.8) is 0 Å². The summed E-state index contributed by atoms with van der Waals surface area (Å²) in [5.41, 5.74) is 5.39. The summed E-state index contributed by atoms with van der Waals surface area (Å²) in [5, 5.41) is 12.9. The molecule has 0 spiro atoms. The highest BCUT2D eigenvalue weighted by atomic mass is 16.5. The molecule has 0 radical (unpaired) electrons. The number of ether oxygens (including phenoxy) is 1. The van der Waals surface area contributed by atoms with Crippen molar-refractivity contribution in [1.29, 1.82) is 0 Å². The summed E-state index contributed by atoms with van der Waals surface area (Å²) in [6.07, 6.45) is 5.44. The third kappa shape index (κ3) is 11.0. The summed E-state index contributed by atoms with van der Waals surface area (Å²) in [6.45, 7) is 7.76. The Labute approximate surface area is 112 Å². The van der Waals surface area contributed by atoms with Gasteiger partial charge in [-0.05, 0) is 31.8 Å². The summed E-state index contributed by atoms with van der Waals surface area (Å²) in [5.74, 6) is 0.641. The Morgan fingerprint density at radius 2 is 2.00 bits per heavy atom. The minimum absolute atomic E-state index is 0.411. The molecule has 0 aliphatic carbocycles. The molecule has 0 fully saturated rings. The molecule has 110 valence electrons. The summed E-state index contributed by atoms with van der Waals surface area (Å²) in [4.78, 5) is 0. The fourth-order valence-electron chi connectivity index (χ4n) is 1.82. The van der Waals surface area contributed by atoms with Crippen molar-refractivity contribution < 1.29 is 9.84 Å². The number of unbranched alkanes of at least 4 members (excludes halogenated alkanes) is 1. The van der Waals surface area contributed by atoms with Crippen LogP contribution in [0.4, 0.5) is 0 Å². The van der Waals surface area contributed by atoms with E-state index in [1.54, 1.807) is 0 Å². The predicted molar refractivity (Wildman–Crippen MR) is 76.7 cm³/mol. The highest BCUT2D eigenvalue weighted by Gasteiger charge is 2.08. The van der Waals surface area contributed by atoms with Crippen LogP contribution >= 0.6 is 0 Å². The minimum Gasteiger partial charge on any atom is -0.389 e. The normalized spacial score (nSPS) is 14.7. The number of hydrogen-bond donors (Lipinski definition) is 3. The first-order valence-corrected chi connectivity index (χ1v) is 7.41. The van der Waals surface area contributed by atoms with Crippen LogP contribution in [-0.2, 0) is 4.74 Å². The lowest BCUT2D eigenvalue weighted by molar-refractivity contribution is 0.0194. The highest BCUT2D eigenvalue weighted by molar-refractivity contribution is 4.60. The van der Waals surface area contributed by atoms with E-state index >= 15 is 0 Å². The summed E-state index contributed by atoms with van der Waals surface area (Å²) in [7, 11) is 0. The van der Waals surface area contributed by atoms with Crippen molar-refractivity contribution in [1.82, 2.24) is 5.32 Å². The van der Waals surface area contributed by atoms with Crippen LogP contribution in [0.2, 0.25) is 0 Å². The summed E-state index contributed by atoms with van der Waals surface area (Å²) < 4.78 is 5.59. The quantitative estimate of drug-likeness (QED) is 0.439. The van der Waals surface area contributed by atoms with Crippen LogP contribution in [0, 0.1) is 5.92 Å². The molecule has 0 aromatic rings. The van der Waals surface area contributed by atoms with Crippen LogP contribution in [0.1, 0.15) is 46.0 Å². The van der Waals surface area contributed by atoms with E-state index in [1.165, 1.54) is 19.3 Å². The van der Waals surface area contributed by atoms with E-state index in [-0.39, 0.29) is 0 Å². The second kappa shape index (κ2) is 13.3. The Morgan fingerprint density at radius 3 is 2.61 bits per heavy atom. The minimum atomic E-state index is -0.411. The molecule has 0 rings (SSSR count). The van der Waals surface area contributed by atoms with Crippen LogP contribution in [0.3, 0.4) is 0 Å². The SMILES string of the molecule is CCCCC(CC)COCC(O)CNCCCN. The summed E-state index contributed by atoms with van der Waals surface area (Å²) in [6, 6.07) is 0. The van der Waals surface area contributed by atoms with E-state index in [2.05, 4.69) is 19.2 Å². The van der Waals surface area contributed by atoms with Gasteiger partial charge in [0.1, 0.15) is 0 Å². The van der Waals surface area contributed by atoms with E-state index in [1.807, 2.05) is 0 Å².